The number of nitrogens with one attached hydrogen (secondary N) is 1. The lowest BCUT2D eigenvalue weighted by atomic mass is 9.87. The minimum absolute atomic E-state index is 0. The summed E-state index contributed by atoms with van der Waals surface area (Å²) in [5, 5.41) is 3.06. The molecule has 0 atom stereocenters. The van der Waals surface area contributed by atoms with Crippen LogP contribution >= 0.6 is 12.4 Å². The third kappa shape index (κ3) is 8.24. The molecular formula is C27H40ClN3O2. The molecule has 6 heteroatoms. The number of methoxy groups -OCH3 is 1. The molecule has 1 N–H and O–H groups in total. The molecule has 1 aliphatic rings. The number of carbonyl (C=O) groups excluding carboxylic acids is 1. The van der Waals surface area contributed by atoms with Crippen LogP contribution in [0.3, 0.4) is 0 Å². The topological polar surface area (TPSA) is 44.8 Å². The summed E-state index contributed by atoms with van der Waals surface area (Å²) in [4.78, 5) is 17.1. The number of piperazine rings is 1. The highest BCUT2D eigenvalue weighted by atomic mass is 35.5. The Morgan fingerprint density at radius 3 is 2.27 bits per heavy atom. The van der Waals surface area contributed by atoms with Crippen LogP contribution in [0.5, 0.6) is 5.75 Å². The summed E-state index contributed by atoms with van der Waals surface area (Å²) in [6.07, 6.45) is 2.59. The molecule has 2 aromatic carbocycles. The summed E-state index contributed by atoms with van der Waals surface area (Å²) in [6, 6.07) is 16.8. The van der Waals surface area contributed by atoms with E-state index in [1.807, 2.05) is 12.1 Å². The first-order chi connectivity index (χ1) is 15.4. The van der Waals surface area contributed by atoms with Crippen LogP contribution in [0.2, 0.25) is 0 Å². The van der Waals surface area contributed by atoms with Crippen LogP contribution in [0.15, 0.2) is 48.5 Å². The van der Waals surface area contributed by atoms with Crippen LogP contribution in [-0.2, 0) is 16.8 Å². The van der Waals surface area contributed by atoms with Gasteiger partial charge in [0.05, 0.1) is 12.8 Å². The summed E-state index contributed by atoms with van der Waals surface area (Å²) in [5.74, 6) is 1.09. The van der Waals surface area contributed by atoms with Gasteiger partial charge in [-0.2, -0.15) is 0 Å². The SMILES string of the molecule is COc1ccccc1N1CCN(CCCCC(=O)NCc2ccc(C(C)(C)C)cc2)CC1.Cl. The minimum atomic E-state index is 0. The first-order valence-corrected chi connectivity index (χ1v) is 11.8. The first kappa shape index (κ1) is 27.0. The molecule has 1 heterocycles. The summed E-state index contributed by atoms with van der Waals surface area (Å²) < 4.78 is 5.50. The molecule has 0 aliphatic carbocycles. The molecule has 1 fully saturated rings. The van der Waals surface area contributed by atoms with Crippen molar-refractivity contribution < 1.29 is 9.53 Å². The molecule has 0 bridgehead atoms. The van der Waals surface area contributed by atoms with Gasteiger partial charge in [-0.15, -0.1) is 12.4 Å². The zero-order valence-corrected chi connectivity index (χ0v) is 21.4. The summed E-state index contributed by atoms with van der Waals surface area (Å²) in [6.45, 7) is 12.4. The third-order valence-corrected chi connectivity index (χ3v) is 6.24. The number of carbonyl (C=O) groups is 1. The van der Waals surface area contributed by atoms with Gasteiger partial charge in [0.2, 0.25) is 5.91 Å². The number of nitrogens with zero attached hydrogens (tertiary/aromatic N) is 2. The zero-order chi connectivity index (χ0) is 23.0. The fourth-order valence-electron chi connectivity index (χ4n) is 4.14. The second kappa shape index (κ2) is 12.9. The number of anilines is 1. The number of para-hydroxylation sites is 2. The van der Waals surface area contributed by atoms with Crippen LogP contribution in [0.1, 0.15) is 51.2 Å². The Balaban J connectivity index is 0.00000385. The van der Waals surface area contributed by atoms with Crippen molar-refractivity contribution in [3.05, 3.63) is 59.7 Å². The van der Waals surface area contributed by atoms with Crippen molar-refractivity contribution in [1.29, 1.82) is 0 Å². The van der Waals surface area contributed by atoms with Crippen LogP contribution in [0, 0.1) is 0 Å². The smallest absolute Gasteiger partial charge is 0.220 e. The molecule has 0 unspecified atom stereocenters. The zero-order valence-electron chi connectivity index (χ0n) is 20.6. The van der Waals surface area contributed by atoms with Crippen molar-refractivity contribution in [2.24, 2.45) is 0 Å². The van der Waals surface area contributed by atoms with E-state index in [4.69, 9.17) is 4.74 Å². The van der Waals surface area contributed by atoms with E-state index in [2.05, 4.69) is 72.3 Å². The number of amides is 1. The van der Waals surface area contributed by atoms with Gasteiger partial charge in [-0.1, -0.05) is 57.2 Å². The van der Waals surface area contributed by atoms with E-state index in [0.29, 0.717) is 13.0 Å². The number of hydrogen-bond donors (Lipinski definition) is 1. The average Bonchev–Trinajstić information content (AvgIpc) is 2.80. The number of ether oxygens (including phenoxy) is 1. The van der Waals surface area contributed by atoms with E-state index in [1.54, 1.807) is 7.11 Å². The van der Waals surface area contributed by atoms with Crippen molar-refractivity contribution in [2.75, 3.05) is 44.7 Å². The third-order valence-electron chi connectivity index (χ3n) is 6.24. The van der Waals surface area contributed by atoms with Gasteiger partial charge in [0, 0.05) is 39.1 Å². The fourth-order valence-corrected chi connectivity index (χ4v) is 4.14. The number of unbranched alkanes of at least 4 members (excludes halogenated alkanes) is 1. The lowest BCUT2D eigenvalue weighted by molar-refractivity contribution is -0.121. The normalized spacial score (nSPS) is 14.5. The van der Waals surface area contributed by atoms with Gasteiger partial charge >= 0.3 is 0 Å². The number of hydrogen-bond acceptors (Lipinski definition) is 4. The largest absolute Gasteiger partial charge is 0.495 e. The Kier molecular flexibility index (Phi) is 10.5. The standard InChI is InChI=1S/C27H39N3O2.ClH/c1-27(2,3)23-14-12-22(13-15-23)21-28-26(31)11-7-8-16-29-17-19-30(20-18-29)24-9-5-6-10-25(24)32-4;/h5-6,9-10,12-15H,7-8,11,16-21H2,1-4H3,(H,28,31);1H. The minimum Gasteiger partial charge on any atom is -0.495 e. The van der Waals surface area contributed by atoms with E-state index >= 15 is 0 Å². The predicted molar refractivity (Wildman–Crippen MR) is 140 cm³/mol. The van der Waals surface area contributed by atoms with Crippen molar-refractivity contribution in [1.82, 2.24) is 10.2 Å². The molecule has 182 valence electrons. The molecule has 1 amide bonds. The highest BCUT2D eigenvalue weighted by Gasteiger charge is 2.19. The summed E-state index contributed by atoms with van der Waals surface area (Å²) in [5.41, 5.74) is 3.80. The molecule has 0 saturated carbocycles. The van der Waals surface area contributed by atoms with Crippen molar-refractivity contribution in [2.45, 2.75) is 52.0 Å². The highest BCUT2D eigenvalue weighted by molar-refractivity contribution is 5.85. The highest BCUT2D eigenvalue weighted by Crippen LogP contribution is 2.28. The number of benzene rings is 2. The van der Waals surface area contributed by atoms with Crippen LogP contribution in [0.25, 0.3) is 0 Å². The molecule has 0 spiro atoms. The number of halogens is 1. The van der Waals surface area contributed by atoms with Gasteiger partial charge in [0.15, 0.2) is 0 Å². The second-order valence-corrected chi connectivity index (χ2v) is 9.68. The quantitative estimate of drug-likeness (QED) is 0.519. The first-order valence-electron chi connectivity index (χ1n) is 11.8. The lowest BCUT2D eigenvalue weighted by Gasteiger charge is -2.36. The van der Waals surface area contributed by atoms with Gasteiger partial charge in [0.25, 0.3) is 0 Å². The van der Waals surface area contributed by atoms with Gasteiger partial charge in [0.1, 0.15) is 5.75 Å². The molecule has 5 nitrogen and oxygen atoms in total. The Labute approximate surface area is 205 Å². The molecule has 3 rings (SSSR count). The van der Waals surface area contributed by atoms with Gasteiger partial charge in [-0.05, 0) is 48.1 Å². The van der Waals surface area contributed by atoms with E-state index in [0.717, 1.165) is 56.9 Å². The average molecular weight is 474 g/mol. The van der Waals surface area contributed by atoms with E-state index in [-0.39, 0.29) is 23.7 Å². The molecular weight excluding hydrogens is 434 g/mol. The molecule has 1 aliphatic heterocycles. The maximum Gasteiger partial charge on any atom is 0.220 e. The van der Waals surface area contributed by atoms with Crippen molar-refractivity contribution >= 4 is 24.0 Å². The molecule has 0 radical (unpaired) electrons. The summed E-state index contributed by atoms with van der Waals surface area (Å²) >= 11 is 0. The van der Waals surface area contributed by atoms with Gasteiger partial charge in [-0.25, -0.2) is 0 Å². The molecule has 1 saturated heterocycles. The van der Waals surface area contributed by atoms with Crippen molar-refractivity contribution in [3.63, 3.8) is 0 Å². The Bertz CT molecular complexity index is 856. The van der Waals surface area contributed by atoms with Gasteiger partial charge < -0.3 is 15.0 Å². The predicted octanol–water partition coefficient (Wildman–Crippen LogP) is 5.02. The Morgan fingerprint density at radius 2 is 1.64 bits per heavy atom. The van der Waals surface area contributed by atoms with Crippen LogP contribution in [-0.4, -0.2) is 50.6 Å². The maximum absolute atomic E-state index is 12.2. The fraction of sp³-hybridized carbons (Fsp3) is 0.519. The van der Waals surface area contributed by atoms with E-state index < -0.39 is 0 Å². The van der Waals surface area contributed by atoms with Crippen LogP contribution < -0.4 is 15.0 Å². The van der Waals surface area contributed by atoms with E-state index in [1.165, 1.54) is 11.3 Å². The van der Waals surface area contributed by atoms with Gasteiger partial charge in [-0.3, -0.25) is 9.69 Å². The second-order valence-electron chi connectivity index (χ2n) is 9.68. The molecule has 33 heavy (non-hydrogen) atoms. The Morgan fingerprint density at radius 1 is 0.970 bits per heavy atom. The lowest BCUT2D eigenvalue weighted by Crippen LogP contribution is -2.46. The van der Waals surface area contributed by atoms with Crippen molar-refractivity contribution in [3.8, 4) is 5.75 Å². The molecule has 2 aromatic rings. The van der Waals surface area contributed by atoms with Crippen LogP contribution in [0.4, 0.5) is 5.69 Å². The maximum atomic E-state index is 12.2. The molecule has 0 aromatic heterocycles. The number of rotatable bonds is 9. The Hall–Kier alpha value is -2.24. The van der Waals surface area contributed by atoms with E-state index in [9.17, 15) is 4.79 Å². The summed E-state index contributed by atoms with van der Waals surface area (Å²) in [7, 11) is 1.73. The monoisotopic (exact) mass is 473 g/mol.